The zero-order valence-corrected chi connectivity index (χ0v) is 26.8. The van der Waals surface area contributed by atoms with Gasteiger partial charge >= 0.3 is 5.97 Å². The number of carbonyl (C=O) groups is 1. The molecule has 0 radical (unpaired) electrons. The molecular formula is C37H45N5O4. The Morgan fingerprint density at radius 3 is 2.74 bits per heavy atom. The molecule has 9 heteroatoms. The van der Waals surface area contributed by atoms with Crippen LogP contribution in [0.25, 0.3) is 22.4 Å². The van der Waals surface area contributed by atoms with E-state index < -0.39 is 6.04 Å². The molecule has 0 amide bonds. The summed E-state index contributed by atoms with van der Waals surface area (Å²) in [5.74, 6) is 2.35. The number of aryl methyl sites for hydroxylation is 1. The van der Waals surface area contributed by atoms with Crippen molar-refractivity contribution in [2.75, 3.05) is 13.2 Å². The molecule has 2 unspecified atom stereocenters. The maximum Gasteiger partial charge on any atom is 0.323 e. The van der Waals surface area contributed by atoms with E-state index in [1.54, 1.807) is 6.20 Å². The molecule has 1 N–H and O–H groups in total. The molecule has 46 heavy (non-hydrogen) atoms. The van der Waals surface area contributed by atoms with Gasteiger partial charge < -0.3 is 19.4 Å². The minimum absolute atomic E-state index is 0.0269. The smallest absolute Gasteiger partial charge is 0.323 e. The first kappa shape index (κ1) is 30.9. The summed E-state index contributed by atoms with van der Waals surface area (Å²) >= 11 is 0. The molecule has 1 saturated heterocycles. The Labute approximate surface area is 270 Å². The molecule has 2 aromatic heterocycles. The molecule has 2 saturated carbocycles. The summed E-state index contributed by atoms with van der Waals surface area (Å²) in [7, 11) is 0. The summed E-state index contributed by atoms with van der Waals surface area (Å²) in [4.78, 5) is 39.8. The fraction of sp³-hybridized carbons (Fsp3) is 0.541. The average molecular weight is 624 g/mol. The number of rotatable bonds is 10. The minimum atomic E-state index is -0.435. The van der Waals surface area contributed by atoms with Gasteiger partial charge in [0, 0.05) is 50.5 Å². The van der Waals surface area contributed by atoms with Crippen LogP contribution in [-0.4, -0.2) is 52.1 Å². The topological polar surface area (TPSA) is 108 Å². The first-order chi connectivity index (χ1) is 22.5. The molecule has 2 aliphatic carbocycles. The zero-order chi connectivity index (χ0) is 31.5. The second-order valence-corrected chi connectivity index (χ2v) is 13.8. The van der Waals surface area contributed by atoms with Gasteiger partial charge in [-0.2, -0.15) is 0 Å². The Morgan fingerprint density at radius 1 is 1.09 bits per heavy atom. The van der Waals surface area contributed by atoms with Crippen molar-refractivity contribution >= 4 is 23.2 Å². The van der Waals surface area contributed by atoms with Gasteiger partial charge in [0.05, 0.1) is 17.2 Å². The van der Waals surface area contributed by atoms with Crippen molar-refractivity contribution in [3.63, 3.8) is 0 Å². The largest absolute Gasteiger partial charge is 0.461 e. The molecule has 1 aromatic carbocycles. The number of aromatic nitrogens is 3. The standard InChI is InChI=1S/C37H45N5O4/c1-24-14-30(21-39-22-35(24)43)36-41-32-16-26(6-9-34(32)42(36)23-25-10-12-45-13-11-25)19-40-33(37(44)46-31-4-2-3-5-31)17-27-15-28-7-8-29(28)20-38-18-27/h6,9,14,16,18,20-22,25,28-29,31,33,40H,2-5,7-8,10-13,15,17,19,23H2,1H3/t28?,29?,33-/m0/s1. The highest BCUT2D eigenvalue weighted by Crippen LogP contribution is 2.40. The summed E-state index contributed by atoms with van der Waals surface area (Å²) < 4.78 is 13.9. The van der Waals surface area contributed by atoms with Crippen LogP contribution >= 0.6 is 0 Å². The second kappa shape index (κ2) is 14.0. The third kappa shape index (κ3) is 7.00. The highest BCUT2D eigenvalue weighted by Gasteiger charge is 2.33. The van der Waals surface area contributed by atoms with Crippen LogP contribution in [0.15, 0.2) is 58.2 Å². The third-order valence-electron chi connectivity index (χ3n) is 10.4. The van der Waals surface area contributed by atoms with Gasteiger partial charge in [0.2, 0.25) is 0 Å². The van der Waals surface area contributed by atoms with Crippen LogP contribution < -0.4 is 10.7 Å². The zero-order valence-electron chi connectivity index (χ0n) is 26.8. The molecule has 3 fully saturated rings. The number of fused-ring (bicyclic) bond motifs is 2. The Balaban J connectivity index is 1.14. The summed E-state index contributed by atoms with van der Waals surface area (Å²) in [6.45, 7) is 4.71. The number of esters is 1. The van der Waals surface area contributed by atoms with E-state index in [2.05, 4.69) is 44.3 Å². The fourth-order valence-corrected chi connectivity index (χ4v) is 7.45. The fourth-order valence-electron chi connectivity index (χ4n) is 7.45. The van der Waals surface area contributed by atoms with Crippen molar-refractivity contribution < 1.29 is 14.3 Å². The summed E-state index contributed by atoms with van der Waals surface area (Å²) in [5, 5.41) is 3.56. The Bertz CT molecular complexity index is 1680. The van der Waals surface area contributed by atoms with Crippen LogP contribution in [0.4, 0.5) is 0 Å². The predicted octanol–water partition coefficient (Wildman–Crippen LogP) is 5.91. The number of nitrogens with zero attached hydrogens (tertiary/aromatic N) is 4. The molecule has 7 rings (SSSR count). The lowest BCUT2D eigenvalue weighted by Crippen LogP contribution is -2.39. The predicted molar refractivity (Wildman–Crippen MR) is 179 cm³/mol. The van der Waals surface area contributed by atoms with E-state index in [1.807, 2.05) is 19.2 Å². The van der Waals surface area contributed by atoms with Gasteiger partial charge in [-0.25, -0.2) is 4.98 Å². The first-order valence-corrected chi connectivity index (χ1v) is 17.2. The lowest BCUT2D eigenvalue weighted by molar-refractivity contribution is -0.151. The molecule has 0 bridgehead atoms. The number of aliphatic imine (C=N–C) groups is 1. The van der Waals surface area contributed by atoms with Crippen molar-refractivity contribution in [1.82, 2.24) is 19.9 Å². The number of benzene rings is 1. The van der Waals surface area contributed by atoms with Gasteiger partial charge in [-0.1, -0.05) is 6.07 Å². The first-order valence-electron chi connectivity index (χ1n) is 17.2. The van der Waals surface area contributed by atoms with Crippen LogP contribution in [0.1, 0.15) is 75.3 Å². The van der Waals surface area contributed by atoms with Crippen LogP contribution in [0.5, 0.6) is 0 Å². The van der Waals surface area contributed by atoms with Crippen molar-refractivity contribution in [1.29, 1.82) is 0 Å². The van der Waals surface area contributed by atoms with Crippen LogP contribution in [0.2, 0.25) is 0 Å². The van der Waals surface area contributed by atoms with Crippen molar-refractivity contribution in [3.8, 4) is 11.4 Å². The molecule has 2 aliphatic heterocycles. The summed E-state index contributed by atoms with van der Waals surface area (Å²) in [6, 6.07) is 7.82. The van der Waals surface area contributed by atoms with E-state index in [-0.39, 0.29) is 17.5 Å². The molecule has 242 valence electrons. The summed E-state index contributed by atoms with van der Waals surface area (Å²) in [6.07, 6.45) is 17.4. The molecule has 9 nitrogen and oxygen atoms in total. The van der Waals surface area contributed by atoms with E-state index in [0.717, 1.165) is 92.7 Å². The molecule has 3 atom stereocenters. The van der Waals surface area contributed by atoms with Crippen LogP contribution in [-0.2, 0) is 27.4 Å². The molecule has 0 spiro atoms. The Hall–Kier alpha value is -3.69. The third-order valence-corrected chi connectivity index (χ3v) is 10.4. The van der Waals surface area contributed by atoms with Crippen molar-refractivity contribution in [2.45, 2.75) is 96.4 Å². The highest BCUT2D eigenvalue weighted by molar-refractivity contribution is 5.81. The van der Waals surface area contributed by atoms with Crippen LogP contribution in [0, 0.1) is 24.7 Å². The van der Waals surface area contributed by atoms with Gasteiger partial charge in [0.25, 0.3) is 0 Å². The van der Waals surface area contributed by atoms with E-state index in [9.17, 15) is 9.59 Å². The minimum Gasteiger partial charge on any atom is -0.461 e. The Kier molecular flexibility index (Phi) is 9.40. The number of hydrogen-bond donors (Lipinski definition) is 1. The van der Waals surface area contributed by atoms with Gasteiger partial charge in [-0.15, -0.1) is 0 Å². The molecule has 4 aliphatic rings. The van der Waals surface area contributed by atoms with E-state index in [1.165, 1.54) is 24.6 Å². The van der Waals surface area contributed by atoms with Crippen molar-refractivity contribution in [2.24, 2.45) is 22.7 Å². The van der Waals surface area contributed by atoms with Gasteiger partial charge in [-0.3, -0.25) is 19.6 Å². The second-order valence-electron chi connectivity index (χ2n) is 13.8. The van der Waals surface area contributed by atoms with E-state index in [4.69, 9.17) is 14.5 Å². The maximum atomic E-state index is 13.5. The number of ether oxygens (including phenoxy) is 2. The number of nitrogens with one attached hydrogen (secondary N) is 1. The lowest BCUT2D eigenvalue weighted by Gasteiger charge is -2.33. The van der Waals surface area contributed by atoms with Gasteiger partial charge in [0.1, 0.15) is 18.0 Å². The maximum absolute atomic E-state index is 13.5. The van der Waals surface area contributed by atoms with E-state index >= 15 is 0 Å². The quantitative estimate of drug-likeness (QED) is 0.280. The highest BCUT2D eigenvalue weighted by atomic mass is 16.5. The van der Waals surface area contributed by atoms with Gasteiger partial charge in [-0.05, 0) is 124 Å². The van der Waals surface area contributed by atoms with E-state index in [0.29, 0.717) is 36.3 Å². The number of imidazole rings is 1. The lowest BCUT2D eigenvalue weighted by atomic mass is 9.71. The SMILES string of the molecule is Cc1cc(-c2nc3cc(CN[C@@H](CC4=CN=CC5CCC5C4)C(=O)OC4CCCC4)ccc3n2CC2CCOCC2)cncc1=O. The van der Waals surface area contributed by atoms with Crippen LogP contribution in [0.3, 0.4) is 0 Å². The number of hydrogen-bond acceptors (Lipinski definition) is 8. The molecule has 4 heterocycles. The average Bonchev–Trinajstić information content (AvgIpc) is 3.62. The van der Waals surface area contributed by atoms with Crippen molar-refractivity contribution in [3.05, 3.63) is 69.8 Å². The monoisotopic (exact) mass is 623 g/mol. The van der Waals surface area contributed by atoms with Gasteiger partial charge in [0.15, 0.2) is 5.43 Å². The Morgan fingerprint density at radius 2 is 1.93 bits per heavy atom. The normalized spacial score (nSPS) is 22.6. The molecule has 3 aromatic rings. The molecular weight excluding hydrogens is 578 g/mol. The number of carbonyl (C=O) groups excluding carboxylic acids is 1. The summed E-state index contributed by atoms with van der Waals surface area (Å²) in [5.41, 5.74) is 5.57.